The van der Waals surface area contributed by atoms with Crippen molar-refractivity contribution in [2.24, 2.45) is 47.3 Å². The van der Waals surface area contributed by atoms with E-state index in [1.807, 2.05) is 0 Å². The van der Waals surface area contributed by atoms with E-state index in [9.17, 15) is 10.2 Å². The van der Waals surface area contributed by atoms with Gasteiger partial charge in [0.2, 0.25) is 0 Å². The summed E-state index contributed by atoms with van der Waals surface area (Å²) >= 11 is 0. The van der Waals surface area contributed by atoms with Crippen LogP contribution >= 0.6 is 0 Å². The van der Waals surface area contributed by atoms with Gasteiger partial charge in [-0.25, -0.2) is 0 Å². The first-order chi connectivity index (χ1) is 6.30. The summed E-state index contributed by atoms with van der Waals surface area (Å²) in [7, 11) is 0. The van der Waals surface area contributed by atoms with E-state index in [2.05, 4.69) is 0 Å². The van der Waals surface area contributed by atoms with Gasteiger partial charge >= 0.3 is 0 Å². The second-order valence-electron chi connectivity index (χ2n) is 6.01. The van der Waals surface area contributed by atoms with Crippen LogP contribution in [0.2, 0.25) is 0 Å². The molecule has 0 radical (unpaired) electrons. The second-order valence-corrected chi connectivity index (χ2v) is 6.01. The molecule has 5 fully saturated rings. The number of fused-ring (bicyclic) bond motifs is 2. The lowest BCUT2D eigenvalue weighted by atomic mass is 9.58. The van der Waals surface area contributed by atoms with Crippen LogP contribution in [-0.4, -0.2) is 22.4 Å². The molecule has 2 nitrogen and oxygen atoms in total. The van der Waals surface area contributed by atoms with Crippen LogP contribution in [0.1, 0.15) is 6.42 Å². The van der Waals surface area contributed by atoms with Gasteiger partial charge in [0.15, 0.2) is 0 Å². The van der Waals surface area contributed by atoms with E-state index >= 15 is 0 Å². The summed E-state index contributed by atoms with van der Waals surface area (Å²) in [5, 5.41) is 20.2. The van der Waals surface area contributed by atoms with Crippen LogP contribution in [0.4, 0.5) is 0 Å². The van der Waals surface area contributed by atoms with E-state index < -0.39 is 0 Å². The molecular formula is C11H14O2. The third kappa shape index (κ3) is 0.375. The SMILES string of the molecule is O[C@@H]1C2C3CC4C5C3C1C5[C@H](O)C42. The minimum Gasteiger partial charge on any atom is -0.393 e. The van der Waals surface area contributed by atoms with Crippen LogP contribution in [0.5, 0.6) is 0 Å². The molecule has 2 heteroatoms. The lowest BCUT2D eigenvalue weighted by Crippen LogP contribution is -2.51. The molecule has 0 aromatic heterocycles. The molecule has 0 saturated heterocycles. The predicted molar refractivity (Wildman–Crippen MR) is 44.6 cm³/mol. The Bertz CT molecular complexity index is 281. The standard InChI is InChI=1S/C11H14O2/c12-10-6-2-1-3-5-4(2)8(10)9(5)11(13)7(3)6/h2-13H,1H2/t2?,3?,4?,5?,6?,7?,8?,9?,10-,11-/m1/s1. The molecule has 5 saturated carbocycles. The highest BCUT2D eigenvalue weighted by molar-refractivity contribution is 5.30. The maximum atomic E-state index is 10.1. The Hall–Kier alpha value is -0.0800. The first kappa shape index (κ1) is 6.41. The second kappa shape index (κ2) is 1.49. The zero-order valence-corrected chi connectivity index (χ0v) is 7.38. The third-order valence-electron chi connectivity index (χ3n) is 6.32. The lowest BCUT2D eigenvalue weighted by Gasteiger charge is -2.47. The zero-order valence-electron chi connectivity index (χ0n) is 7.38. The Morgan fingerprint density at radius 1 is 0.615 bits per heavy atom. The van der Waals surface area contributed by atoms with E-state index in [-0.39, 0.29) is 12.2 Å². The van der Waals surface area contributed by atoms with Gasteiger partial charge in [-0.2, -0.15) is 0 Å². The summed E-state index contributed by atoms with van der Waals surface area (Å²) in [5.74, 6) is 5.33. The van der Waals surface area contributed by atoms with E-state index in [1.165, 1.54) is 6.42 Å². The molecule has 2 N–H and O–H groups in total. The van der Waals surface area contributed by atoms with Crippen LogP contribution in [0, 0.1) is 47.3 Å². The molecule has 5 aliphatic rings. The molecule has 0 aromatic rings. The number of aliphatic hydroxyl groups excluding tert-OH is 2. The quantitative estimate of drug-likeness (QED) is 0.552. The summed E-state index contributed by atoms with van der Waals surface area (Å²) in [6, 6.07) is 0. The van der Waals surface area contributed by atoms with Gasteiger partial charge in [0, 0.05) is 0 Å². The third-order valence-corrected chi connectivity index (χ3v) is 6.32. The molecule has 70 valence electrons. The predicted octanol–water partition coefficient (Wildman–Crippen LogP) is 0.0959. The van der Waals surface area contributed by atoms with Crippen molar-refractivity contribution in [1.29, 1.82) is 0 Å². The van der Waals surface area contributed by atoms with E-state index in [0.29, 0.717) is 23.7 Å². The molecule has 13 heavy (non-hydrogen) atoms. The zero-order chi connectivity index (χ0) is 8.48. The first-order valence-corrected chi connectivity index (χ1v) is 5.67. The van der Waals surface area contributed by atoms with Gasteiger partial charge in [0.1, 0.15) is 0 Å². The van der Waals surface area contributed by atoms with Crippen molar-refractivity contribution in [3.05, 3.63) is 0 Å². The van der Waals surface area contributed by atoms with Crippen molar-refractivity contribution in [3.63, 3.8) is 0 Å². The summed E-state index contributed by atoms with van der Waals surface area (Å²) in [6.07, 6.45) is 1.28. The minimum absolute atomic E-state index is 0.0304. The van der Waals surface area contributed by atoms with Gasteiger partial charge in [-0.15, -0.1) is 0 Å². The topological polar surface area (TPSA) is 40.5 Å². The molecule has 0 amide bonds. The molecule has 2 bridgehead atoms. The largest absolute Gasteiger partial charge is 0.393 e. The number of rotatable bonds is 0. The van der Waals surface area contributed by atoms with Crippen LogP contribution in [0.3, 0.4) is 0 Å². The summed E-state index contributed by atoms with van der Waals surface area (Å²) in [4.78, 5) is 0. The molecule has 0 aliphatic heterocycles. The Labute approximate surface area is 76.9 Å². The molecule has 10 atom stereocenters. The molecule has 0 heterocycles. The van der Waals surface area contributed by atoms with Crippen molar-refractivity contribution in [2.75, 3.05) is 0 Å². The van der Waals surface area contributed by atoms with E-state index in [4.69, 9.17) is 0 Å². The summed E-state index contributed by atoms with van der Waals surface area (Å²) < 4.78 is 0. The molecule has 0 aromatic carbocycles. The fourth-order valence-electron chi connectivity index (χ4n) is 6.44. The monoisotopic (exact) mass is 178 g/mol. The highest BCUT2D eigenvalue weighted by atomic mass is 16.3. The van der Waals surface area contributed by atoms with Gasteiger partial charge in [0.05, 0.1) is 12.2 Å². The van der Waals surface area contributed by atoms with Gasteiger partial charge in [-0.05, 0) is 53.8 Å². The number of hydrogen-bond acceptors (Lipinski definition) is 2. The van der Waals surface area contributed by atoms with Crippen LogP contribution < -0.4 is 0 Å². The average Bonchev–Trinajstić information content (AvgIpc) is 2.52. The normalized spacial score (nSPS) is 85.4. The molecule has 5 rings (SSSR count). The van der Waals surface area contributed by atoms with Gasteiger partial charge in [-0.1, -0.05) is 0 Å². The molecule has 0 spiro atoms. The molecule has 5 aliphatic carbocycles. The maximum Gasteiger partial charge on any atom is 0.0609 e. The van der Waals surface area contributed by atoms with Gasteiger partial charge in [0.25, 0.3) is 0 Å². The van der Waals surface area contributed by atoms with E-state index in [1.54, 1.807) is 0 Å². The Morgan fingerprint density at radius 3 is 1.54 bits per heavy atom. The van der Waals surface area contributed by atoms with Crippen molar-refractivity contribution in [3.8, 4) is 0 Å². The van der Waals surface area contributed by atoms with Gasteiger partial charge < -0.3 is 10.2 Å². The number of aliphatic hydroxyl groups is 2. The van der Waals surface area contributed by atoms with Crippen molar-refractivity contribution < 1.29 is 10.2 Å². The smallest absolute Gasteiger partial charge is 0.0609 e. The Balaban J connectivity index is 1.83. The fraction of sp³-hybridized carbons (Fsp3) is 1.00. The summed E-state index contributed by atoms with van der Waals surface area (Å²) in [6.45, 7) is 0. The average molecular weight is 178 g/mol. The highest BCUT2D eigenvalue weighted by Crippen LogP contribution is 2.82. The fourth-order valence-corrected chi connectivity index (χ4v) is 6.44. The van der Waals surface area contributed by atoms with Gasteiger partial charge in [-0.3, -0.25) is 0 Å². The molecular weight excluding hydrogens is 164 g/mol. The Kier molecular flexibility index (Phi) is 0.733. The van der Waals surface area contributed by atoms with E-state index in [0.717, 1.165) is 23.7 Å². The lowest BCUT2D eigenvalue weighted by molar-refractivity contribution is -0.109. The first-order valence-electron chi connectivity index (χ1n) is 5.67. The minimum atomic E-state index is -0.0304. The summed E-state index contributed by atoms with van der Waals surface area (Å²) in [5.41, 5.74) is 0. The van der Waals surface area contributed by atoms with Crippen LogP contribution in [0.25, 0.3) is 0 Å². The molecule has 8 unspecified atom stereocenters. The van der Waals surface area contributed by atoms with Crippen LogP contribution in [-0.2, 0) is 0 Å². The van der Waals surface area contributed by atoms with Crippen molar-refractivity contribution >= 4 is 0 Å². The van der Waals surface area contributed by atoms with Crippen molar-refractivity contribution in [1.82, 2.24) is 0 Å². The van der Waals surface area contributed by atoms with Crippen molar-refractivity contribution in [2.45, 2.75) is 18.6 Å². The Morgan fingerprint density at radius 2 is 1.08 bits per heavy atom. The highest BCUT2D eigenvalue weighted by Gasteiger charge is 2.83. The van der Waals surface area contributed by atoms with Crippen LogP contribution in [0.15, 0.2) is 0 Å². The maximum absolute atomic E-state index is 10.1. The number of hydrogen-bond donors (Lipinski definition) is 2.